The summed E-state index contributed by atoms with van der Waals surface area (Å²) in [7, 11) is 0. The quantitative estimate of drug-likeness (QED) is 0.0366. The minimum Gasteiger partial charge on any atom is -1.00 e. The molecule has 0 aromatic heterocycles. The van der Waals surface area contributed by atoms with Crippen molar-refractivity contribution in [1.29, 1.82) is 0 Å². The molecular formula is C42H86I2N2. The Morgan fingerprint density at radius 3 is 0.565 bits per heavy atom. The molecule has 278 valence electrons. The fourth-order valence-electron chi connectivity index (χ4n) is 8.61. The summed E-state index contributed by atoms with van der Waals surface area (Å²) in [5.74, 6) is 0. The van der Waals surface area contributed by atoms with E-state index in [-0.39, 0.29) is 48.0 Å². The monoisotopic (exact) mass is 872 g/mol. The van der Waals surface area contributed by atoms with Crippen molar-refractivity contribution < 1.29 is 56.9 Å². The van der Waals surface area contributed by atoms with Crippen LogP contribution in [0.3, 0.4) is 0 Å². The fourth-order valence-corrected chi connectivity index (χ4v) is 8.61. The van der Waals surface area contributed by atoms with Gasteiger partial charge in [0.15, 0.2) is 0 Å². The lowest BCUT2D eigenvalue weighted by atomic mass is 10.0. The Hall–Kier alpha value is 1.38. The SMILES string of the molecule is CCCCCCCCCCCCCCCCCC[N+]12CC[N+](CCCCCCCCCCCCCCCCCC)(CC1)CC2.[I-].[I-]. The van der Waals surface area contributed by atoms with Crippen LogP contribution in [-0.2, 0) is 0 Å². The van der Waals surface area contributed by atoms with E-state index < -0.39 is 0 Å². The van der Waals surface area contributed by atoms with Gasteiger partial charge in [0.05, 0.1) is 13.1 Å². The van der Waals surface area contributed by atoms with Gasteiger partial charge in [-0.3, -0.25) is 0 Å². The van der Waals surface area contributed by atoms with E-state index in [1.54, 1.807) is 0 Å². The number of unbranched alkanes of at least 4 members (excludes halogenated alkanes) is 30. The van der Waals surface area contributed by atoms with Crippen LogP contribution < -0.4 is 48.0 Å². The van der Waals surface area contributed by atoms with Crippen molar-refractivity contribution in [2.45, 2.75) is 219 Å². The average Bonchev–Trinajstić information content (AvgIpc) is 3.05. The minimum atomic E-state index is 0. The molecule has 0 spiro atoms. The van der Waals surface area contributed by atoms with Gasteiger partial charge in [0.25, 0.3) is 0 Å². The van der Waals surface area contributed by atoms with Gasteiger partial charge in [-0.15, -0.1) is 0 Å². The average molecular weight is 873 g/mol. The summed E-state index contributed by atoms with van der Waals surface area (Å²) >= 11 is 0. The van der Waals surface area contributed by atoms with Crippen molar-refractivity contribution >= 4 is 0 Å². The highest BCUT2D eigenvalue weighted by molar-refractivity contribution is 4.63. The molecule has 3 aliphatic heterocycles. The van der Waals surface area contributed by atoms with Crippen LogP contribution in [0.4, 0.5) is 0 Å². The molecule has 0 aromatic rings. The number of piperazine rings is 3. The first-order valence-electron chi connectivity index (χ1n) is 21.4. The summed E-state index contributed by atoms with van der Waals surface area (Å²) in [6, 6.07) is 0. The van der Waals surface area contributed by atoms with Crippen LogP contribution in [0.5, 0.6) is 0 Å². The van der Waals surface area contributed by atoms with Crippen molar-refractivity contribution in [3.63, 3.8) is 0 Å². The second kappa shape index (κ2) is 33.5. The summed E-state index contributed by atoms with van der Waals surface area (Å²) in [5, 5.41) is 0. The van der Waals surface area contributed by atoms with E-state index in [1.807, 2.05) is 0 Å². The number of halogens is 2. The Kier molecular flexibility index (Phi) is 34.5. The maximum Gasteiger partial charge on any atom is 0.129 e. The van der Waals surface area contributed by atoms with E-state index in [9.17, 15) is 0 Å². The first-order chi connectivity index (χ1) is 21.7. The van der Waals surface area contributed by atoms with Crippen LogP contribution >= 0.6 is 0 Å². The van der Waals surface area contributed by atoms with Crippen molar-refractivity contribution in [1.82, 2.24) is 0 Å². The Balaban J connectivity index is 0.0000101. The van der Waals surface area contributed by atoms with Crippen LogP contribution in [0, 0.1) is 0 Å². The molecule has 2 nitrogen and oxygen atoms in total. The largest absolute Gasteiger partial charge is 1.00 e. The number of quaternary nitrogens is 2. The van der Waals surface area contributed by atoms with E-state index >= 15 is 0 Å². The Bertz CT molecular complexity index is 536. The lowest BCUT2D eigenvalue weighted by Gasteiger charge is -2.55. The Morgan fingerprint density at radius 2 is 0.391 bits per heavy atom. The van der Waals surface area contributed by atoms with Gasteiger partial charge in [-0.1, -0.05) is 194 Å². The molecule has 46 heavy (non-hydrogen) atoms. The third kappa shape index (κ3) is 24.5. The highest BCUT2D eigenvalue weighted by Crippen LogP contribution is 2.28. The number of hydrogen-bond acceptors (Lipinski definition) is 0. The standard InChI is InChI=1S/C42H86N2.2HI/c1-3-5-7-9-11-13-15-17-19-21-23-25-27-29-31-33-35-43-37-40-44(41-38-43,42-39-43)36-34-32-30-28-26-24-22-20-18-16-14-12-10-8-6-4-2;;/h3-42H2,1-2H3;2*1H/q+2;;/p-2. The summed E-state index contributed by atoms with van der Waals surface area (Å²) in [6.07, 6.45) is 47.4. The summed E-state index contributed by atoms with van der Waals surface area (Å²) < 4.78 is 3.00. The van der Waals surface area contributed by atoms with Crippen molar-refractivity contribution in [2.75, 3.05) is 52.4 Å². The molecule has 2 bridgehead atoms. The third-order valence-electron chi connectivity index (χ3n) is 12.1. The molecule has 0 aliphatic carbocycles. The normalized spacial score (nSPS) is 20.5. The van der Waals surface area contributed by atoms with Crippen molar-refractivity contribution in [3.05, 3.63) is 0 Å². The highest BCUT2D eigenvalue weighted by atomic mass is 127. The van der Waals surface area contributed by atoms with Crippen LogP contribution in [0.1, 0.15) is 219 Å². The molecule has 0 aromatic carbocycles. The molecular weight excluding hydrogens is 786 g/mol. The second-order valence-corrected chi connectivity index (χ2v) is 16.1. The number of nitrogens with zero attached hydrogens (tertiary/aromatic N) is 2. The number of rotatable bonds is 34. The maximum atomic E-state index is 2.31. The molecule has 0 saturated carbocycles. The molecule has 3 rings (SSSR count). The maximum absolute atomic E-state index is 2.31. The molecule has 0 amide bonds. The molecule has 0 atom stereocenters. The van der Waals surface area contributed by atoms with Crippen molar-refractivity contribution in [2.24, 2.45) is 0 Å². The number of fused-ring (bicyclic) bond motifs is 3. The van der Waals surface area contributed by atoms with E-state index in [1.165, 1.54) is 267 Å². The summed E-state index contributed by atoms with van der Waals surface area (Å²) in [6.45, 7) is 16.6. The van der Waals surface area contributed by atoms with Crippen molar-refractivity contribution in [3.8, 4) is 0 Å². The molecule has 3 heterocycles. The Morgan fingerprint density at radius 1 is 0.239 bits per heavy atom. The highest BCUT2D eigenvalue weighted by Gasteiger charge is 2.48. The lowest BCUT2D eigenvalue weighted by Crippen LogP contribution is -3.00. The van der Waals surface area contributed by atoms with Crippen LogP contribution in [0.2, 0.25) is 0 Å². The van der Waals surface area contributed by atoms with E-state index in [0.717, 1.165) is 0 Å². The zero-order valence-electron chi connectivity index (χ0n) is 31.9. The zero-order chi connectivity index (χ0) is 31.3. The molecule has 3 fully saturated rings. The van der Waals surface area contributed by atoms with Gasteiger partial charge in [0.2, 0.25) is 0 Å². The first-order valence-corrected chi connectivity index (χ1v) is 21.4. The summed E-state index contributed by atoms with van der Waals surface area (Å²) in [4.78, 5) is 0. The molecule has 4 heteroatoms. The smallest absolute Gasteiger partial charge is 0.129 e. The van der Waals surface area contributed by atoms with Gasteiger partial charge >= 0.3 is 0 Å². The van der Waals surface area contributed by atoms with Gasteiger partial charge in [-0.2, -0.15) is 0 Å². The Labute approximate surface area is 326 Å². The fraction of sp³-hybridized carbons (Fsp3) is 1.00. The first kappa shape index (κ1) is 47.4. The van der Waals surface area contributed by atoms with E-state index in [0.29, 0.717) is 0 Å². The van der Waals surface area contributed by atoms with Crippen LogP contribution in [-0.4, -0.2) is 61.3 Å². The van der Waals surface area contributed by atoms with Gasteiger partial charge in [0.1, 0.15) is 39.3 Å². The van der Waals surface area contributed by atoms with Gasteiger partial charge in [-0.05, 0) is 25.7 Å². The lowest BCUT2D eigenvalue weighted by molar-refractivity contribution is -1.08. The summed E-state index contributed by atoms with van der Waals surface area (Å²) in [5.41, 5.74) is 0. The van der Waals surface area contributed by atoms with E-state index in [2.05, 4.69) is 13.8 Å². The predicted octanol–water partition coefficient (Wildman–Crippen LogP) is 7.18. The molecule has 3 aliphatic rings. The van der Waals surface area contributed by atoms with Crippen LogP contribution in [0.25, 0.3) is 0 Å². The van der Waals surface area contributed by atoms with Crippen LogP contribution in [0.15, 0.2) is 0 Å². The third-order valence-corrected chi connectivity index (χ3v) is 12.1. The van der Waals surface area contributed by atoms with E-state index in [4.69, 9.17) is 0 Å². The molecule has 0 radical (unpaired) electrons. The van der Waals surface area contributed by atoms with Gasteiger partial charge in [-0.25, -0.2) is 0 Å². The van der Waals surface area contributed by atoms with Gasteiger partial charge in [0, 0.05) is 0 Å². The molecule has 0 unspecified atom stereocenters. The zero-order valence-corrected chi connectivity index (χ0v) is 36.2. The molecule has 3 saturated heterocycles. The molecule has 0 N–H and O–H groups in total. The number of hydrogen-bond donors (Lipinski definition) is 0. The second-order valence-electron chi connectivity index (χ2n) is 16.1. The predicted molar refractivity (Wildman–Crippen MR) is 199 cm³/mol. The van der Waals surface area contributed by atoms with Gasteiger partial charge < -0.3 is 56.9 Å². The minimum absolute atomic E-state index is 0. The topological polar surface area (TPSA) is 0 Å².